The number of carbonyl (C=O) groups is 2. The van der Waals surface area contributed by atoms with Crippen LogP contribution in [0, 0.1) is 0 Å². The van der Waals surface area contributed by atoms with Crippen LogP contribution in [0.5, 0.6) is 0 Å². The third-order valence-corrected chi connectivity index (χ3v) is 4.77. The van der Waals surface area contributed by atoms with Gasteiger partial charge in [0.05, 0.1) is 23.0 Å². The standard InChI is InChI=1S/C19H15Cl3O6/c20-13-5-1-11(2-6-13)18(23)25-10-16-15(9-17(26-16)28-22)27-19(24)12-3-7-14(21)8-4-12/h1-8,15-17H,9-10H2/t15-,16+,17-/m0/s1. The second kappa shape index (κ2) is 9.58. The van der Waals surface area contributed by atoms with Crippen LogP contribution in [0.3, 0.4) is 0 Å². The molecular formula is C19H15Cl3O6. The van der Waals surface area contributed by atoms with Crippen molar-refractivity contribution in [3.63, 3.8) is 0 Å². The number of halogens is 3. The molecule has 1 saturated heterocycles. The van der Waals surface area contributed by atoms with Gasteiger partial charge in [0.1, 0.15) is 18.8 Å². The Labute approximate surface area is 176 Å². The van der Waals surface area contributed by atoms with E-state index in [2.05, 4.69) is 4.29 Å². The van der Waals surface area contributed by atoms with Gasteiger partial charge in [-0.1, -0.05) is 23.2 Å². The van der Waals surface area contributed by atoms with Gasteiger partial charge in [-0.2, -0.15) is 0 Å². The number of hydrogen-bond donors (Lipinski definition) is 0. The molecule has 1 fully saturated rings. The van der Waals surface area contributed by atoms with Crippen LogP contribution in [0.4, 0.5) is 0 Å². The van der Waals surface area contributed by atoms with E-state index in [0.717, 1.165) is 0 Å². The molecule has 0 amide bonds. The summed E-state index contributed by atoms with van der Waals surface area (Å²) in [6.07, 6.45) is -2.02. The lowest BCUT2D eigenvalue weighted by molar-refractivity contribution is -0.0943. The van der Waals surface area contributed by atoms with Crippen LogP contribution in [0.15, 0.2) is 48.5 Å². The maximum Gasteiger partial charge on any atom is 0.338 e. The van der Waals surface area contributed by atoms with Crippen LogP contribution in [0.1, 0.15) is 27.1 Å². The molecule has 0 N–H and O–H groups in total. The lowest BCUT2D eigenvalue weighted by atomic mass is 10.1. The molecule has 1 heterocycles. The summed E-state index contributed by atoms with van der Waals surface area (Å²) in [7, 11) is 0. The fourth-order valence-corrected chi connectivity index (χ4v) is 2.99. The smallest absolute Gasteiger partial charge is 0.338 e. The first-order chi connectivity index (χ1) is 13.5. The van der Waals surface area contributed by atoms with E-state index < -0.39 is 30.4 Å². The van der Waals surface area contributed by atoms with E-state index in [9.17, 15) is 9.59 Å². The monoisotopic (exact) mass is 444 g/mol. The van der Waals surface area contributed by atoms with Gasteiger partial charge in [0, 0.05) is 16.5 Å². The summed E-state index contributed by atoms with van der Waals surface area (Å²) < 4.78 is 20.9. The minimum atomic E-state index is -0.788. The minimum Gasteiger partial charge on any atom is -0.459 e. The highest BCUT2D eigenvalue weighted by molar-refractivity contribution is 6.31. The molecule has 1 aliphatic heterocycles. The maximum absolute atomic E-state index is 12.3. The second-order valence-corrected chi connectivity index (χ2v) is 7.04. The molecule has 0 saturated carbocycles. The molecule has 6 nitrogen and oxygen atoms in total. The molecule has 0 spiro atoms. The molecule has 0 bridgehead atoms. The number of carbonyl (C=O) groups excluding carboxylic acids is 2. The van der Waals surface area contributed by atoms with Crippen molar-refractivity contribution in [1.29, 1.82) is 0 Å². The van der Waals surface area contributed by atoms with Gasteiger partial charge in [-0.3, -0.25) is 0 Å². The van der Waals surface area contributed by atoms with Crippen LogP contribution in [0.25, 0.3) is 0 Å². The van der Waals surface area contributed by atoms with Gasteiger partial charge in [-0.15, -0.1) is 0 Å². The van der Waals surface area contributed by atoms with Gasteiger partial charge in [-0.25, -0.2) is 13.9 Å². The quantitative estimate of drug-likeness (QED) is 0.602. The number of rotatable bonds is 6. The fourth-order valence-electron chi connectivity index (χ4n) is 2.63. The largest absolute Gasteiger partial charge is 0.459 e. The summed E-state index contributed by atoms with van der Waals surface area (Å²) in [6.45, 7) is -0.142. The Bertz CT molecular complexity index is 825. The van der Waals surface area contributed by atoms with E-state index in [1.165, 1.54) is 0 Å². The van der Waals surface area contributed by atoms with Crippen molar-refractivity contribution in [2.24, 2.45) is 0 Å². The summed E-state index contributed by atoms with van der Waals surface area (Å²) in [4.78, 5) is 24.5. The van der Waals surface area contributed by atoms with Gasteiger partial charge in [-0.05, 0) is 48.5 Å². The van der Waals surface area contributed by atoms with Crippen molar-refractivity contribution in [1.82, 2.24) is 0 Å². The van der Waals surface area contributed by atoms with E-state index >= 15 is 0 Å². The normalized spacial score (nSPS) is 21.3. The first kappa shape index (κ1) is 20.9. The van der Waals surface area contributed by atoms with Gasteiger partial charge >= 0.3 is 11.9 Å². The molecular weight excluding hydrogens is 431 g/mol. The zero-order chi connectivity index (χ0) is 20.1. The Kier molecular flexibility index (Phi) is 7.15. The molecule has 3 rings (SSSR count). The average Bonchev–Trinajstić information content (AvgIpc) is 3.09. The predicted octanol–water partition coefficient (Wildman–Crippen LogP) is 4.66. The average molecular weight is 446 g/mol. The van der Waals surface area contributed by atoms with Crippen molar-refractivity contribution < 1.29 is 28.1 Å². The second-order valence-electron chi connectivity index (χ2n) is 5.98. The van der Waals surface area contributed by atoms with Gasteiger partial charge in [0.25, 0.3) is 0 Å². The van der Waals surface area contributed by atoms with E-state index in [1.54, 1.807) is 48.5 Å². The summed E-state index contributed by atoms with van der Waals surface area (Å²) in [5, 5.41) is 1.01. The van der Waals surface area contributed by atoms with Crippen molar-refractivity contribution in [3.05, 3.63) is 69.7 Å². The highest BCUT2D eigenvalue weighted by atomic mass is 35.5. The highest BCUT2D eigenvalue weighted by Crippen LogP contribution is 2.27. The molecule has 2 aromatic carbocycles. The topological polar surface area (TPSA) is 71.1 Å². The Morgan fingerprint density at radius 1 is 0.929 bits per heavy atom. The molecule has 0 aromatic heterocycles. The van der Waals surface area contributed by atoms with Gasteiger partial charge in [0.2, 0.25) is 0 Å². The number of hydrogen-bond acceptors (Lipinski definition) is 6. The highest BCUT2D eigenvalue weighted by Gasteiger charge is 2.39. The first-order valence-electron chi connectivity index (χ1n) is 8.28. The molecule has 0 unspecified atom stereocenters. The van der Waals surface area contributed by atoms with Gasteiger partial charge in [0.15, 0.2) is 6.29 Å². The Hall–Kier alpha value is -1.83. The SMILES string of the molecule is O=C(OC[C@H]1O[C@@H](OCl)C[C@@H]1OC(=O)c1ccc(Cl)cc1)c1ccc(Cl)cc1. The lowest BCUT2D eigenvalue weighted by Gasteiger charge is -2.18. The van der Waals surface area contributed by atoms with Crippen molar-refractivity contribution in [3.8, 4) is 0 Å². The molecule has 148 valence electrons. The van der Waals surface area contributed by atoms with Crippen LogP contribution >= 0.6 is 35.1 Å². The zero-order valence-electron chi connectivity index (χ0n) is 14.3. The van der Waals surface area contributed by atoms with E-state index in [4.69, 9.17) is 49.3 Å². The Morgan fingerprint density at radius 3 is 2.00 bits per heavy atom. The van der Waals surface area contributed by atoms with Gasteiger partial charge < -0.3 is 14.2 Å². The first-order valence-corrected chi connectivity index (χ1v) is 9.35. The lowest BCUT2D eigenvalue weighted by Crippen LogP contribution is -2.32. The fraction of sp³-hybridized carbons (Fsp3) is 0.263. The van der Waals surface area contributed by atoms with Crippen LogP contribution in [-0.2, 0) is 18.5 Å². The van der Waals surface area contributed by atoms with E-state index in [-0.39, 0.29) is 13.0 Å². The summed E-state index contributed by atoms with van der Waals surface area (Å²) in [6, 6.07) is 12.5. The molecule has 3 atom stereocenters. The zero-order valence-corrected chi connectivity index (χ0v) is 16.6. The van der Waals surface area contributed by atoms with Crippen molar-refractivity contribution >= 4 is 47.0 Å². The number of benzene rings is 2. The van der Waals surface area contributed by atoms with Crippen LogP contribution < -0.4 is 0 Å². The van der Waals surface area contributed by atoms with Crippen molar-refractivity contribution in [2.75, 3.05) is 6.61 Å². The van der Waals surface area contributed by atoms with Crippen molar-refractivity contribution in [2.45, 2.75) is 24.9 Å². The van der Waals surface area contributed by atoms with Crippen LogP contribution in [0.2, 0.25) is 10.0 Å². The molecule has 0 radical (unpaired) electrons. The molecule has 1 aliphatic rings. The minimum absolute atomic E-state index is 0.142. The molecule has 0 aliphatic carbocycles. The Balaban J connectivity index is 1.61. The number of esters is 2. The van der Waals surface area contributed by atoms with E-state index in [1.807, 2.05) is 0 Å². The third kappa shape index (κ3) is 5.37. The van der Waals surface area contributed by atoms with Crippen LogP contribution in [-0.4, -0.2) is 37.0 Å². The molecule has 9 heteroatoms. The molecule has 2 aromatic rings. The molecule has 28 heavy (non-hydrogen) atoms. The Morgan fingerprint density at radius 2 is 1.46 bits per heavy atom. The summed E-state index contributed by atoms with van der Waals surface area (Å²) in [5.74, 6) is -1.12. The predicted molar refractivity (Wildman–Crippen MR) is 103 cm³/mol. The number of ether oxygens (including phenoxy) is 3. The maximum atomic E-state index is 12.3. The summed E-state index contributed by atoms with van der Waals surface area (Å²) in [5.41, 5.74) is 0.666. The van der Waals surface area contributed by atoms with E-state index in [0.29, 0.717) is 21.2 Å². The summed E-state index contributed by atoms with van der Waals surface area (Å²) >= 11 is 17.0. The third-order valence-electron chi connectivity index (χ3n) is 4.06.